The summed E-state index contributed by atoms with van der Waals surface area (Å²) in [6.45, 7) is 0. The van der Waals surface area contributed by atoms with Crippen LogP contribution in [-0.4, -0.2) is 10.1 Å². The Morgan fingerprint density at radius 2 is 1.08 bits per heavy atom. The van der Waals surface area contributed by atoms with Gasteiger partial charge in [0.25, 0.3) is 0 Å². The minimum Gasteiger partial charge on any atom is -0.376 e. The molecule has 0 saturated heterocycles. The molecule has 5 aromatic carbocycles. The zero-order chi connectivity index (χ0) is 24.3. The van der Waals surface area contributed by atoms with Gasteiger partial charge in [-0.1, -0.05) is 109 Å². The summed E-state index contributed by atoms with van der Waals surface area (Å²) in [5.74, 6) is 0. The fourth-order valence-electron chi connectivity index (χ4n) is 5.42. The van der Waals surface area contributed by atoms with Gasteiger partial charge in [0.1, 0.15) is 10.6 Å². The van der Waals surface area contributed by atoms with E-state index in [1.807, 2.05) is 78.9 Å². The lowest BCUT2D eigenvalue weighted by Gasteiger charge is -2.29. The lowest BCUT2D eigenvalue weighted by molar-refractivity contribution is 0.131. The van der Waals surface area contributed by atoms with Gasteiger partial charge in [0, 0.05) is 32.8 Å². The molecule has 172 valence electrons. The monoisotopic (exact) mass is 501 g/mol. The van der Waals surface area contributed by atoms with Crippen LogP contribution < -0.4 is 0 Å². The average Bonchev–Trinajstić information content (AvgIpc) is 3.48. The van der Waals surface area contributed by atoms with Crippen LogP contribution in [0.25, 0.3) is 43.0 Å². The Labute approximate surface area is 218 Å². The Morgan fingerprint density at radius 1 is 0.583 bits per heavy atom. The number of fused-ring (bicyclic) bond motifs is 4. The third kappa shape index (κ3) is 3.11. The summed E-state index contributed by atoms with van der Waals surface area (Å²) in [7, 11) is 0. The van der Waals surface area contributed by atoms with E-state index in [2.05, 4.69) is 36.4 Å². The number of para-hydroxylation sites is 1. The molecule has 0 bridgehead atoms. The highest BCUT2D eigenvalue weighted by Crippen LogP contribution is 2.53. The quantitative estimate of drug-likeness (QED) is 0.263. The summed E-state index contributed by atoms with van der Waals surface area (Å²) in [6.07, 6.45) is 0. The van der Waals surface area contributed by atoms with Gasteiger partial charge in [-0.15, -0.1) is 11.3 Å². The van der Waals surface area contributed by atoms with Gasteiger partial charge in [-0.05, 0) is 34.9 Å². The first-order chi connectivity index (χ1) is 17.6. The summed E-state index contributed by atoms with van der Waals surface area (Å²) in [6, 6.07) is 38.5. The van der Waals surface area contributed by atoms with E-state index >= 15 is 0 Å². The second-order valence-corrected chi connectivity index (χ2v) is 10.5. The molecule has 0 atom stereocenters. The van der Waals surface area contributed by atoms with Gasteiger partial charge in [-0.25, -0.2) is 4.98 Å². The molecule has 4 heteroatoms. The summed E-state index contributed by atoms with van der Waals surface area (Å²) in [4.78, 5) is 5.06. The molecule has 0 saturated carbocycles. The van der Waals surface area contributed by atoms with E-state index in [0.717, 1.165) is 59.7 Å². The molecule has 0 radical (unpaired) electrons. The van der Waals surface area contributed by atoms with Crippen LogP contribution in [0.15, 0.2) is 115 Å². The first kappa shape index (κ1) is 21.5. The summed E-state index contributed by atoms with van der Waals surface area (Å²) in [5, 5.41) is 14.2. The van der Waals surface area contributed by atoms with Crippen molar-refractivity contribution in [3.05, 3.63) is 137 Å². The van der Waals surface area contributed by atoms with Crippen LogP contribution in [0.1, 0.15) is 16.7 Å². The smallest absolute Gasteiger partial charge is 0.142 e. The van der Waals surface area contributed by atoms with E-state index in [1.165, 1.54) is 0 Å². The number of halogens is 1. The predicted octanol–water partition coefficient (Wildman–Crippen LogP) is 8.55. The van der Waals surface area contributed by atoms with Crippen molar-refractivity contribution in [2.45, 2.75) is 5.60 Å². The third-order valence-corrected chi connectivity index (χ3v) is 8.36. The maximum atomic E-state index is 12.6. The topological polar surface area (TPSA) is 33.1 Å². The molecule has 6 aromatic rings. The SMILES string of the molecule is OC1(c2ccccc2-c2cccc3sc(-c4ccc(Cl)cc4)nc23)c2ccccc2-c2ccccc21. The van der Waals surface area contributed by atoms with Crippen molar-refractivity contribution in [1.29, 1.82) is 0 Å². The number of thiazole rings is 1. The highest BCUT2D eigenvalue weighted by Gasteiger charge is 2.44. The number of aliphatic hydroxyl groups is 1. The van der Waals surface area contributed by atoms with Crippen molar-refractivity contribution in [2.75, 3.05) is 0 Å². The van der Waals surface area contributed by atoms with Gasteiger partial charge >= 0.3 is 0 Å². The van der Waals surface area contributed by atoms with Crippen LogP contribution >= 0.6 is 22.9 Å². The predicted molar refractivity (Wildman–Crippen MR) is 149 cm³/mol. The molecule has 0 fully saturated rings. The normalized spacial score (nSPS) is 13.5. The molecule has 7 rings (SSSR count). The standard InChI is InChI=1S/C32H20ClNOS/c33-21-18-16-20(17-19-21)31-34-30-25(11-7-15-29(30)36-31)24-10-3-6-14-28(24)32(35)26-12-4-1-8-22(26)23-9-2-5-13-27(23)32/h1-19,35H. The van der Waals surface area contributed by atoms with E-state index in [-0.39, 0.29) is 0 Å². The van der Waals surface area contributed by atoms with Crippen LogP contribution in [0.2, 0.25) is 5.02 Å². The average molecular weight is 502 g/mol. The second kappa shape index (κ2) is 8.14. The molecule has 1 heterocycles. The Morgan fingerprint density at radius 3 is 1.67 bits per heavy atom. The number of benzene rings is 5. The molecule has 0 aliphatic heterocycles. The summed E-state index contributed by atoms with van der Waals surface area (Å²) in [5.41, 5.74) is 7.51. The Hall–Kier alpha value is -3.76. The van der Waals surface area contributed by atoms with Gasteiger partial charge in [0.2, 0.25) is 0 Å². The van der Waals surface area contributed by atoms with Crippen molar-refractivity contribution < 1.29 is 5.11 Å². The first-order valence-electron chi connectivity index (χ1n) is 11.8. The van der Waals surface area contributed by atoms with Crippen LogP contribution in [0.4, 0.5) is 0 Å². The highest BCUT2D eigenvalue weighted by molar-refractivity contribution is 7.21. The molecular formula is C32H20ClNOS. The van der Waals surface area contributed by atoms with Crippen molar-refractivity contribution in [3.63, 3.8) is 0 Å². The zero-order valence-corrected chi connectivity index (χ0v) is 20.7. The largest absolute Gasteiger partial charge is 0.376 e. The number of aromatic nitrogens is 1. The molecule has 1 aromatic heterocycles. The van der Waals surface area contributed by atoms with E-state index in [9.17, 15) is 5.11 Å². The van der Waals surface area contributed by atoms with Crippen LogP contribution in [0.5, 0.6) is 0 Å². The molecule has 1 aliphatic carbocycles. The van der Waals surface area contributed by atoms with E-state index in [1.54, 1.807) is 11.3 Å². The lowest BCUT2D eigenvalue weighted by atomic mass is 9.80. The third-order valence-electron chi connectivity index (χ3n) is 7.04. The maximum Gasteiger partial charge on any atom is 0.142 e. The molecule has 0 spiro atoms. The van der Waals surface area contributed by atoms with E-state index < -0.39 is 5.60 Å². The van der Waals surface area contributed by atoms with Crippen molar-refractivity contribution in [2.24, 2.45) is 0 Å². The lowest BCUT2D eigenvalue weighted by Crippen LogP contribution is -2.27. The Kier molecular flexibility index (Phi) is 4.87. The van der Waals surface area contributed by atoms with Gasteiger partial charge in [0.05, 0.1) is 10.2 Å². The van der Waals surface area contributed by atoms with Crippen molar-refractivity contribution >= 4 is 33.2 Å². The number of hydrogen-bond acceptors (Lipinski definition) is 3. The first-order valence-corrected chi connectivity index (χ1v) is 13.0. The van der Waals surface area contributed by atoms with Crippen molar-refractivity contribution in [1.82, 2.24) is 4.98 Å². The van der Waals surface area contributed by atoms with Gasteiger partial charge in [0.15, 0.2) is 0 Å². The minimum atomic E-state index is -1.26. The molecule has 0 unspecified atom stereocenters. The fraction of sp³-hybridized carbons (Fsp3) is 0.0312. The van der Waals surface area contributed by atoms with E-state index in [0.29, 0.717) is 5.02 Å². The van der Waals surface area contributed by atoms with Crippen LogP contribution in [0, 0.1) is 0 Å². The van der Waals surface area contributed by atoms with Crippen LogP contribution in [0.3, 0.4) is 0 Å². The molecule has 1 N–H and O–H groups in total. The van der Waals surface area contributed by atoms with Crippen LogP contribution in [-0.2, 0) is 5.60 Å². The van der Waals surface area contributed by atoms with Gasteiger partial charge < -0.3 is 5.11 Å². The molecular weight excluding hydrogens is 482 g/mol. The number of nitrogens with zero attached hydrogens (tertiary/aromatic N) is 1. The van der Waals surface area contributed by atoms with Gasteiger partial charge in [-0.3, -0.25) is 0 Å². The summed E-state index contributed by atoms with van der Waals surface area (Å²) >= 11 is 7.77. The number of rotatable bonds is 3. The van der Waals surface area contributed by atoms with Crippen molar-refractivity contribution in [3.8, 4) is 32.8 Å². The Bertz CT molecular complexity index is 1720. The number of hydrogen-bond donors (Lipinski definition) is 1. The molecule has 0 amide bonds. The Balaban J connectivity index is 1.47. The highest BCUT2D eigenvalue weighted by atomic mass is 35.5. The van der Waals surface area contributed by atoms with E-state index in [4.69, 9.17) is 16.6 Å². The fourth-order valence-corrected chi connectivity index (χ4v) is 6.54. The van der Waals surface area contributed by atoms with Gasteiger partial charge in [-0.2, -0.15) is 0 Å². The molecule has 36 heavy (non-hydrogen) atoms. The molecule has 2 nitrogen and oxygen atoms in total. The molecule has 1 aliphatic rings. The minimum absolute atomic E-state index is 0.708. The second-order valence-electron chi connectivity index (χ2n) is 9.03. The maximum absolute atomic E-state index is 12.6. The zero-order valence-electron chi connectivity index (χ0n) is 19.2. The summed E-state index contributed by atoms with van der Waals surface area (Å²) < 4.78 is 1.10.